The van der Waals surface area contributed by atoms with Crippen LogP contribution in [0.2, 0.25) is 0 Å². The van der Waals surface area contributed by atoms with Crippen molar-refractivity contribution in [2.45, 2.75) is 19.5 Å². The number of H-pyrrole nitrogens is 1. The predicted molar refractivity (Wildman–Crippen MR) is 145 cm³/mol. The number of hydrogen-bond acceptors (Lipinski definition) is 8. The van der Waals surface area contributed by atoms with Crippen molar-refractivity contribution in [3.63, 3.8) is 0 Å². The van der Waals surface area contributed by atoms with Crippen molar-refractivity contribution < 1.29 is 9.15 Å². The standard InChI is InChI=1S/C27H26N6O3.ClH/c1-17(32-26-23-25(29-15-28-23)30-16-31-26)24-22(20-4-2-3-5-21(20)27(34)36-24)19-8-6-18(7-9-19)14-33-10-12-35-13-11-33;/h2-9,15-17H,10-14H2,1H3,(H2,28,29,30,31,32);1H. The van der Waals surface area contributed by atoms with Crippen molar-refractivity contribution in [1.29, 1.82) is 0 Å². The zero-order valence-electron chi connectivity index (χ0n) is 20.3. The van der Waals surface area contributed by atoms with Gasteiger partial charge < -0.3 is 19.5 Å². The third-order valence-electron chi connectivity index (χ3n) is 6.58. The van der Waals surface area contributed by atoms with Crippen molar-refractivity contribution in [3.05, 3.63) is 82.9 Å². The molecule has 4 heterocycles. The number of morpholine rings is 1. The van der Waals surface area contributed by atoms with Gasteiger partial charge in [0.25, 0.3) is 0 Å². The molecular weight excluding hydrogens is 492 g/mol. The van der Waals surface area contributed by atoms with Gasteiger partial charge in [-0.1, -0.05) is 42.5 Å². The predicted octanol–water partition coefficient (Wildman–Crippen LogP) is 4.55. The summed E-state index contributed by atoms with van der Waals surface area (Å²) in [7, 11) is 0. The number of hydrogen-bond donors (Lipinski definition) is 2. The van der Waals surface area contributed by atoms with Crippen LogP contribution < -0.4 is 10.9 Å². The quantitative estimate of drug-likeness (QED) is 0.337. The van der Waals surface area contributed by atoms with Crippen LogP contribution in [-0.4, -0.2) is 51.1 Å². The molecule has 10 heteroatoms. The fourth-order valence-electron chi connectivity index (χ4n) is 4.76. The number of halogens is 1. The van der Waals surface area contributed by atoms with Crippen molar-refractivity contribution in [3.8, 4) is 11.1 Å². The number of aromatic nitrogens is 4. The second-order valence-electron chi connectivity index (χ2n) is 8.95. The molecule has 0 bridgehead atoms. The number of imidazole rings is 1. The van der Waals surface area contributed by atoms with Crippen LogP contribution in [0.15, 0.2) is 70.4 Å². The van der Waals surface area contributed by atoms with E-state index in [-0.39, 0.29) is 24.1 Å². The van der Waals surface area contributed by atoms with E-state index in [9.17, 15) is 4.79 Å². The first-order valence-corrected chi connectivity index (χ1v) is 12.0. The lowest BCUT2D eigenvalue weighted by molar-refractivity contribution is 0.0342. The molecule has 1 aliphatic rings. The number of rotatable bonds is 6. The van der Waals surface area contributed by atoms with E-state index in [2.05, 4.69) is 54.4 Å². The molecule has 2 N–H and O–H groups in total. The number of aromatic amines is 1. The SMILES string of the molecule is CC(Nc1ncnc2[nH]cnc12)c1oc(=O)c2ccccc2c1-c1ccc(CN2CCOCC2)cc1.Cl. The van der Waals surface area contributed by atoms with Crippen molar-refractivity contribution in [2.24, 2.45) is 0 Å². The van der Waals surface area contributed by atoms with E-state index >= 15 is 0 Å². The van der Waals surface area contributed by atoms with Gasteiger partial charge in [-0.2, -0.15) is 0 Å². The lowest BCUT2D eigenvalue weighted by atomic mass is 9.95. The number of nitrogens with one attached hydrogen (secondary N) is 2. The molecule has 0 aliphatic carbocycles. The zero-order chi connectivity index (χ0) is 24.5. The molecule has 6 rings (SSSR count). The minimum atomic E-state index is -0.366. The average Bonchev–Trinajstić information content (AvgIpc) is 3.40. The third kappa shape index (κ3) is 4.93. The maximum absolute atomic E-state index is 12.9. The molecule has 1 saturated heterocycles. The second-order valence-corrected chi connectivity index (χ2v) is 8.95. The first-order chi connectivity index (χ1) is 17.7. The molecule has 0 saturated carbocycles. The van der Waals surface area contributed by atoms with Crippen LogP contribution in [0.4, 0.5) is 5.82 Å². The van der Waals surface area contributed by atoms with E-state index in [4.69, 9.17) is 9.15 Å². The first kappa shape index (κ1) is 24.9. The Morgan fingerprint density at radius 3 is 2.57 bits per heavy atom. The molecule has 0 amide bonds. The minimum Gasteiger partial charge on any atom is -0.425 e. The summed E-state index contributed by atoms with van der Waals surface area (Å²) in [6.45, 7) is 6.26. The summed E-state index contributed by atoms with van der Waals surface area (Å²) in [5.74, 6) is 1.11. The second kappa shape index (κ2) is 10.7. The fraction of sp³-hybridized carbons (Fsp3) is 0.259. The highest BCUT2D eigenvalue weighted by molar-refractivity contribution is 5.97. The van der Waals surface area contributed by atoms with Gasteiger partial charge in [-0.3, -0.25) is 4.90 Å². The Morgan fingerprint density at radius 1 is 1.03 bits per heavy atom. The molecule has 0 spiro atoms. The third-order valence-corrected chi connectivity index (χ3v) is 6.58. The Morgan fingerprint density at radius 2 is 1.78 bits per heavy atom. The van der Waals surface area contributed by atoms with Crippen molar-refractivity contribution >= 4 is 40.2 Å². The van der Waals surface area contributed by atoms with Crippen LogP contribution in [0.25, 0.3) is 33.1 Å². The lowest BCUT2D eigenvalue weighted by Crippen LogP contribution is -2.35. The van der Waals surface area contributed by atoms with Gasteiger partial charge >= 0.3 is 5.63 Å². The zero-order valence-corrected chi connectivity index (χ0v) is 21.1. The van der Waals surface area contributed by atoms with Crippen LogP contribution >= 0.6 is 12.4 Å². The summed E-state index contributed by atoms with van der Waals surface area (Å²) >= 11 is 0. The van der Waals surface area contributed by atoms with E-state index in [1.165, 1.54) is 11.9 Å². The van der Waals surface area contributed by atoms with Gasteiger partial charge in [-0.15, -0.1) is 12.4 Å². The van der Waals surface area contributed by atoms with Crippen LogP contribution in [0.3, 0.4) is 0 Å². The summed E-state index contributed by atoms with van der Waals surface area (Å²) in [4.78, 5) is 31.2. The van der Waals surface area contributed by atoms with Crippen LogP contribution in [-0.2, 0) is 11.3 Å². The van der Waals surface area contributed by atoms with Gasteiger partial charge in [0.1, 0.15) is 17.6 Å². The summed E-state index contributed by atoms with van der Waals surface area (Å²) < 4.78 is 11.4. The molecule has 190 valence electrons. The summed E-state index contributed by atoms with van der Waals surface area (Å²) in [5.41, 5.74) is 4.00. The minimum absolute atomic E-state index is 0. The Labute approximate surface area is 219 Å². The Bertz CT molecular complexity index is 1580. The van der Waals surface area contributed by atoms with Crippen molar-refractivity contribution in [2.75, 3.05) is 31.6 Å². The van der Waals surface area contributed by atoms with E-state index in [0.29, 0.717) is 28.1 Å². The maximum atomic E-state index is 12.9. The Balaban J connectivity index is 0.00000280. The smallest absolute Gasteiger partial charge is 0.343 e. The number of nitrogens with zero attached hydrogens (tertiary/aromatic N) is 4. The monoisotopic (exact) mass is 518 g/mol. The highest BCUT2D eigenvalue weighted by Gasteiger charge is 2.22. The molecule has 1 atom stereocenters. The van der Waals surface area contributed by atoms with E-state index < -0.39 is 0 Å². The van der Waals surface area contributed by atoms with E-state index in [1.54, 1.807) is 12.4 Å². The molecule has 5 aromatic rings. The number of anilines is 1. The molecule has 2 aromatic carbocycles. The van der Waals surface area contributed by atoms with E-state index in [1.807, 2.05) is 25.1 Å². The topological polar surface area (TPSA) is 109 Å². The first-order valence-electron chi connectivity index (χ1n) is 12.0. The maximum Gasteiger partial charge on any atom is 0.343 e. The van der Waals surface area contributed by atoms with Gasteiger partial charge in [0, 0.05) is 30.6 Å². The summed E-state index contributed by atoms with van der Waals surface area (Å²) in [6.07, 6.45) is 3.05. The van der Waals surface area contributed by atoms with Crippen LogP contribution in [0.1, 0.15) is 24.3 Å². The van der Waals surface area contributed by atoms with Crippen LogP contribution in [0.5, 0.6) is 0 Å². The molecular formula is C27H27ClN6O3. The van der Waals surface area contributed by atoms with Crippen molar-refractivity contribution in [1.82, 2.24) is 24.8 Å². The Hall–Kier alpha value is -3.79. The largest absolute Gasteiger partial charge is 0.425 e. The van der Waals surface area contributed by atoms with Gasteiger partial charge in [-0.05, 0) is 24.1 Å². The summed E-state index contributed by atoms with van der Waals surface area (Å²) in [5, 5.41) is 4.78. The normalized spacial score (nSPS) is 14.9. The lowest BCUT2D eigenvalue weighted by Gasteiger charge is -2.26. The Kier molecular flexibility index (Phi) is 7.18. The fourth-order valence-corrected chi connectivity index (χ4v) is 4.76. The van der Waals surface area contributed by atoms with Gasteiger partial charge in [-0.25, -0.2) is 19.7 Å². The molecule has 9 nitrogen and oxygen atoms in total. The highest BCUT2D eigenvalue weighted by Crippen LogP contribution is 2.35. The molecule has 0 radical (unpaired) electrons. The van der Waals surface area contributed by atoms with Gasteiger partial charge in [0.15, 0.2) is 11.5 Å². The molecule has 1 fully saturated rings. The van der Waals surface area contributed by atoms with Gasteiger partial charge in [0.05, 0.1) is 31.0 Å². The van der Waals surface area contributed by atoms with E-state index in [0.717, 1.165) is 49.4 Å². The summed E-state index contributed by atoms with van der Waals surface area (Å²) in [6, 6.07) is 15.7. The molecule has 1 unspecified atom stereocenters. The molecule has 1 aliphatic heterocycles. The highest BCUT2D eigenvalue weighted by atomic mass is 35.5. The number of benzene rings is 2. The number of fused-ring (bicyclic) bond motifs is 2. The number of ether oxygens (including phenoxy) is 1. The molecule has 37 heavy (non-hydrogen) atoms. The molecule has 3 aromatic heterocycles. The van der Waals surface area contributed by atoms with Gasteiger partial charge in [0.2, 0.25) is 0 Å². The van der Waals surface area contributed by atoms with Crippen LogP contribution in [0, 0.1) is 0 Å². The average molecular weight is 519 g/mol.